The van der Waals surface area contributed by atoms with Crippen LogP contribution in [0, 0.1) is 0 Å². The molecule has 1 fully saturated rings. The van der Waals surface area contributed by atoms with E-state index in [1.807, 2.05) is 60.7 Å². The second-order valence-corrected chi connectivity index (χ2v) is 13.4. The van der Waals surface area contributed by atoms with E-state index in [2.05, 4.69) is 0 Å². The van der Waals surface area contributed by atoms with Crippen LogP contribution in [-0.4, -0.2) is 33.9 Å². The van der Waals surface area contributed by atoms with Crippen molar-refractivity contribution < 1.29 is 27.5 Å². The predicted octanol–water partition coefficient (Wildman–Crippen LogP) is 6.72. The first kappa shape index (κ1) is 30.2. The second kappa shape index (κ2) is 12.3. The molecule has 44 heavy (non-hydrogen) atoms. The number of thioether (sulfide) groups is 2. The Hall–Kier alpha value is -3.84. The topological polar surface area (TPSA) is 89.7 Å². The van der Waals surface area contributed by atoms with E-state index in [9.17, 15) is 27.6 Å². The summed E-state index contributed by atoms with van der Waals surface area (Å²) in [6, 6.07) is 22.2. The zero-order chi connectivity index (χ0) is 31.0. The quantitative estimate of drug-likeness (QED) is 0.135. The number of rotatable bonds is 7. The van der Waals surface area contributed by atoms with Crippen LogP contribution in [0.3, 0.4) is 0 Å². The lowest BCUT2D eigenvalue weighted by molar-refractivity contribution is -0.153. The van der Waals surface area contributed by atoms with Gasteiger partial charge in [-0.25, -0.2) is 4.79 Å². The lowest BCUT2D eigenvalue weighted by Gasteiger charge is -2.48. The largest absolute Gasteiger partial charge is 0.448 e. The van der Waals surface area contributed by atoms with E-state index in [0.29, 0.717) is 15.5 Å². The highest BCUT2D eigenvalue weighted by Gasteiger charge is 2.52. The summed E-state index contributed by atoms with van der Waals surface area (Å²) >= 11 is 3.61. The van der Waals surface area contributed by atoms with Crippen LogP contribution in [0.25, 0.3) is 10.1 Å². The van der Waals surface area contributed by atoms with Gasteiger partial charge in [0.05, 0.1) is 9.77 Å². The van der Waals surface area contributed by atoms with Crippen molar-refractivity contribution in [3.05, 3.63) is 135 Å². The van der Waals surface area contributed by atoms with Gasteiger partial charge in [0.25, 0.3) is 0 Å². The number of hydrogen-bond donors (Lipinski definition) is 1. The van der Waals surface area contributed by atoms with Gasteiger partial charge in [0.1, 0.15) is 17.1 Å². The number of carbonyl (C=O) groups excluding carboxylic acids is 2. The normalized spacial score (nSPS) is 18.6. The Morgan fingerprint density at radius 2 is 1.66 bits per heavy atom. The maximum Gasteiger partial charge on any atom is 0.416 e. The minimum Gasteiger partial charge on any atom is -0.448 e. The molecule has 0 unspecified atom stereocenters. The van der Waals surface area contributed by atoms with E-state index in [1.165, 1.54) is 28.8 Å². The van der Waals surface area contributed by atoms with Crippen molar-refractivity contribution >= 4 is 56.8 Å². The minimum absolute atomic E-state index is 0.0932. The monoisotopic (exact) mass is 652 g/mol. The number of fused-ring (bicyclic) bond motifs is 2. The van der Waals surface area contributed by atoms with Gasteiger partial charge in [-0.2, -0.15) is 13.2 Å². The van der Waals surface area contributed by atoms with E-state index in [4.69, 9.17) is 10.5 Å². The standard InChI is InChI=1S/C32H23F3N2O4S3/c33-32(34,35)21-11-12-22-23(38)16-25(44-24(22)15-21)42-14-13-20-17-43-30-26(36)29(39)37(30)27(20)31(40)41-28(18-7-3-1-4-8-18)19-9-5-2-6-10-19/h1-16,26,28,30H,17,36H2/t26-,30-/m1/s1. The number of halogens is 3. The zero-order valence-electron chi connectivity index (χ0n) is 22.7. The number of benzene rings is 3. The number of alkyl halides is 3. The fourth-order valence-corrected chi connectivity index (χ4v) is 8.24. The van der Waals surface area contributed by atoms with E-state index in [1.54, 1.807) is 11.5 Å². The summed E-state index contributed by atoms with van der Waals surface area (Å²) in [5.41, 5.74) is 6.94. The number of β-lactam (4-membered cyclic amide) rings is 1. The molecule has 3 aromatic carbocycles. The van der Waals surface area contributed by atoms with Gasteiger partial charge in [0.2, 0.25) is 5.91 Å². The third-order valence-corrected chi connectivity index (χ3v) is 10.5. The smallest absolute Gasteiger partial charge is 0.416 e. The average molecular weight is 653 g/mol. The predicted molar refractivity (Wildman–Crippen MR) is 167 cm³/mol. The van der Waals surface area contributed by atoms with Crippen molar-refractivity contribution in [2.75, 3.05) is 5.75 Å². The number of carbonyl (C=O) groups is 2. The molecule has 1 saturated heterocycles. The Bertz CT molecular complexity index is 1820. The number of hydrogen-bond acceptors (Lipinski definition) is 8. The summed E-state index contributed by atoms with van der Waals surface area (Å²) in [5, 5.41) is 1.44. The van der Waals surface area contributed by atoms with E-state index < -0.39 is 46.6 Å². The molecule has 12 heteroatoms. The zero-order valence-corrected chi connectivity index (χ0v) is 25.1. The molecule has 1 aromatic heterocycles. The van der Waals surface area contributed by atoms with Gasteiger partial charge in [-0.1, -0.05) is 72.4 Å². The molecule has 224 valence electrons. The van der Waals surface area contributed by atoms with Gasteiger partial charge in [0.15, 0.2) is 11.5 Å². The van der Waals surface area contributed by atoms with E-state index in [-0.39, 0.29) is 15.8 Å². The Labute approximate surface area is 262 Å². The summed E-state index contributed by atoms with van der Waals surface area (Å²) in [7, 11) is 0. The number of amides is 1. The molecule has 4 aromatic rings. The summed E-state index contributed by atoms with van der Waals surface area (Å²) < 4.78 is 46.5. The lowest BCUT2D eigenvalue weighted by Crippen LogP contribution is -2.68. The van der Waals surface area contributed by atoms with Gasteiger partial charge >= 0.3 is 12.1 Å². The molecule has 2 N–H and O–H groups in total. The van der Waals surface area contributed by atoms with Crippen molar-refractivity contribution in [1.29, 1.82) is 0 Å². The van der Waals surface area contributed by atoms with Gasteiger partial charge in [0, 0.05) is 21.9 Å². The molecule has 0 radical (unpaired) electrons. The fraction of sp³-hybridized carbons (Fsp3) is 0.156. The molecule has 0 spiro atoms. The molecule has 0 bridgehead atoms. The molecular formula is C32H23F3N2O4S3. The van der Waals surface area contributed by atoms with Gasteiger partial charge in [-0.05, 0) is 46.4 Å². The number of nitrogens with two attached hydrogens (primary N) is 1. The van der Waals surface area contributed by atoms with Crippen LogP contribution >= 0.6 is 34.9 Å². The molecule has 2 atom stereocenters. The summed E-state index contributed by atoms with van der Waals surface area (Å²) in [6.45, 7) is 0. The Balaban J connectivity index is 1.32. The molecule has 3 heterocycles. The van der Waals surface area contributed by atoms with E-state index in [0.717, 1.165) is 46.4 Å². The summed E-state index contributed by atoms with van der Waals surface area (Å²) in [4.78, 5) is 40.7. The van der Waals surface area contributed by atoms with Crippen molar-refractivity contribution in [1.82, 2.24) is 4.90 Å². The van der Waals surface area contributed by atoms with Crippen molar-refractivity contribution in [3.63, 3.8) is 0 Å². The Morgan fingerprint density at radius 1 is 1.00 bits per heavy atom. The van der Waals surface area contributed by atoms with Gasteiger partial charge in [-0.3, -0.25) is 14.5 Å². The Kier molecular flexibility index (Phi) is 8.42. The average Bonchev–Trinajstić information content (AvgIpc) is 3.03. The van der Waals surface area contributed by atoms with Crippen LogP contribution in [0.1, 0.15) is 22.8 Å². The molecule has 2 aliphatic rings. The van der Waals surface area contributed by atoms with Gasteiger partial charge < -0.3 is 10.5 Å². The molecule has 6 rings (SSSR count). The highest BCUT2D eigenvalue weighted by Crippen LogP contribution is 2.42. The van der Waals surface area contributed by atoms with Crippen LogP contribution in [0.5, 0.6) is 0 Å². The van der Waals surface area contributed by atoms with Crippen molar-refractivity contribution in [2.24, 2.45) is 5.73 Å². The van der Waals surface area contributed by atoms with E-state index >= 15 is 0 Å². The number of esters is 1. The van der Waals surface area contributed by atoms with Crippen LogP contribution in [0.4, 0.5) is 13.2 Å². The molecule has 0 aliphatic carbocycles. The summed E-state index contributed by atoms with van der Waals surface area (Å²) in [6.07, 6.45) is -3.60. The molecule has 0 saturated carbocycles. The SMILES string of the molecule is N[C@@H]1C(=O)N2C(C(=O)OC(c3ccccc3)c3ccccc3)=C(C=CSc3cc(=O)c4ccc(C(F)(F)F)cc4s3)CS[C@H]12. The first-order valence-electron chi connectivity index (χ1n) is 13.3. The van der Waals surface area contributed by atoms with Crippen LogP contribution in [-0.2, 0) is 20.5 Å². The van der Waals surface area contributed by atoms with Crippen LogP contribution in [0.15, 0.2) is 117 Å². The third-order valence-electron chi connectivity index (χ3n) is 7.15. The maximum atomic E-state index is 13.8. The van der Waals surface area contributed by atoms with Crippen molar-refractivity contribution in [2.45, 2.75) is 27.9 Å². The first-order chi connectivity index (χ1) is 21.1. The number of allylic oxidation sites excluding steroid dienone is 1. The van der Waals surface area contributed by atoms with Crippen LogP contribution < -0.4 is 11.2 Å². The minimum atomic E-state index is -4.53. The number of ether oxygens (including phenoxy) is 1. The highest BCUT2D eigenvalue weighted by atomic mass is 32.2. The van der Waals surface area contributed by atoms with Crippen molar-refractivity contribution in [3.8, 4) is 0 Å². The lowest BCUT2D eigenvalue weighted by atomic mass is 10.0. The summed E-state index contributed by atoms with van der Waals surface area (Å²) in [5.74, 6) is -0.710. The highest BCUT2D eigenvalue weighted by molar-refractivity contribution is 8.04. The number of nitrogens with zero attached hydrogens (tertiary/aromatic N) is 1. The van der Waals surface area contributed by atoms with Gasteiger partial charge in [-0.15, -0.1) is 23.1 Å². The van der Waals surface area contributed by atoms with Crippen LogP contribution in [0.2, 0.25) is 0 Å². The third kappa shape index (κ3) is 5.94. The molecular weight excluding hydrogens is 630 g/mol. The molecule has 2 aliphatic heterocycles. The molecule has 1 amide bonds. The maximum absolute atomic E-state index is 13.8. The second-order valence-electron chi connectivity index (χ2n) is 9.98. The first-order valence-corrected chi connectivity index (χ1v) is 16.1. The molecule has 6 nitrogen and oxygen atoms in total. The Morgan fingerprint density at radius 3 is 2.30 bits per heavy atom. The fourth-order valence-electron chi connectivity index (χ4n) is 4.95.